The van der Waals surface area contributed by atoms with E-state index < -0.39 is 0 Å². The third-order valence-corrected chi connectivity index (χ3v) is 4.83. The molecule has 2 heterocycles. The maximum Gasteiger partial charge on any atom is 0.247 e. The van der Waals surface area contributed by atoms with Gasteiger partial charge in [-0.2, -0.15) is 5.10 Å². The summed E-state index contributed by atoms with van der Waals surface area (Å²) in [7, 11) is 0. The van der Waals surface area contributed by atoms with Crippen LogP contribution in [0.3, 0.4) is 0 Å². The van der Waals surface area contributed by atoms with E-state index in [0.29, 0.717) is 6.54 Å². The summed E-state index contributed by atoms with van der Waals surface area (Å²) < 4.78 is 14.9. The topological polar surface area (TPSA) is 38.1 Å². The molecule has 3 aromatic rings. The van der Waals surface area contributed by atoms with Crippen molar-refractivity contribution in [1.29, 1.82) is 0 Å². The molecule has 0 radical (unpaired) electrons. The van der Waals surface area contributed by atoms with Gasteiger partial charge in [0, 0.05) is 24.4 Å². The molecular formula is C22H20FN3O. The quantitative estimate of drug-likeness (QED) is 0.647. The van der Waals surface area contributed by atoms with E-state index in [1.165, 1.54) is 12.1 Å². The van der Waals surface area contributed by atoms with Gasteiger partial charge in [0.15, 0.2) is 0 Å². The van der Waals surface area contributed by atoms with Crippen molar-refractivity contribution in [3.63, 3.8) is 0 Å². The highest BCUT2D eigenvalue weighted by atomic mass is 19.1. The third kappa shape index (κ3) is 3.82. The predicted molar refractivity (Wildman–Crippen MR) is 103 cm³/mol. The zero-order valence-corrected chi connectivity index (χ0v) is 14.8. The fraction of sp³-hybridized carbons (Fsp3) is 0.182. The van der Waals surface area contributed by atoms with Crippen LogP contribution < -0.4 is 0 Å². The highest BCUT2D eigenvalue weighted by Gasteiger charge is 2.28. The lowest BCUT2D eigenvalue weighted by Crippen LogP contribution is -2.28. The second kappa shape index (κ2) is 7.58. The highest BCUT2D eigenvalue weighted by molar-refractivity contribution is 5.92. The number of rotatable bonds is 4. The van der Waals surface area contributed by atoms with Crippen molar-refractivity contribution < 1.29 is 9.18 Å². The van der Waals surface area contributed by atoms with Crippen molar-refractivity contribution in [2.24, 2.45) is 0 Å². The minimum Gasteiger partial charge on any atom is -0.332 e. The Morgan fingerprint density at radius 2 is 1.89 bits per heavy atom. The number of benzene rings is 2. The van der Waals surface area contributed by atoms with Gasteiger partial charge in [0.25, 0.3) is 0 Å². The number of para-hydroxylation sites is 1. The molecule has 5 heteroatoms. The number of likely N-dealkylation sites (tertiary alicyclic amines) is 1. The largest absolute Gasteiger partial charge is 0.332 e. The minimum atomic E-state index is -0.259. The molecule has 0 N–H and O–H groups in total. The molecule has 4 nitrogen and oxygen atoms in total. The minimum absolute atomic E-state index is 0.00907. The van der Waals surface area contributed by atoms with Gasteiger partial charge in [0.1, 0.15) is 5.82 Å². The maximum absolute atomic E-state index is 13.2. The van der Waals surface area contributed by atoms with Gasteiger partial charge in [-0.1, -0.05) is 30.3 Å². The molecule has 4 rings (SSSR count). The zero-order chi connectivity index (χ0) is 18.6. The number of carbonyl (C=O) groups excluding carboxylic acids is 1. The molecule has 0 unspecified atom stereocenters. The Labute approximate surface area is 157 Å². The lowest BCUT2D eigenvalue weighted by molar-refractivity contribution is -0.126. The van der Waals surface area contributed by atoms with Gasteiger partial charge in [0.2, 0.25) is 5.91 Å². The van der Waals surface area contributed by atoms with E-state index in [0.717, 1.165) is 29.7 Å². The fourth-order valence-corrected chi connectivity index (χ4v) is 3.47. The van der Waals surface area contributed by atoms with Gasteiger partial charge in [-0.05, 0) is 48.7 Å². The summed E-state index contributed by atoms with van der Waals surface area (Å²) in [5, 5.41) is 4.34. The Kier molecular flexibility index (Phi) is 4.83. The predicted octanol–water partition coefficient (Wildman–Crippen LogP) is 4.39. The van der Waals surface area contributed by atoms with Crippen LogP contribution in [0.4, 0.5) is 4.39 Å². The van der Waals surface area contributed by atoms with Crippen LogP contribution in [0, 0.1) is 5.82 Å². The summed E-state index contributed by atoms with van der Waals surface area (Å²) in [4.78, 5) is 14.5. The third-order valence-electron chi connectivity index (χ3n) is 4.83. The van der Waals surface area contributed by atoms with E-state index in [4.69, 9.17) is 0 Å². The Balaban J connectivity index is 1.47. The van der Waals surface area contributed by atoms with Crippen molar-refractivity contribution in [2.45, 2.75) is 18.9 Å². The summed E-state index contributed by atoms with van der Waals surface area (Å²) in [6.45, 7) is 0.717. The average Bonchev–Trinajstić information content (AvgIpc) is 3.37. The van der Waals surface area contributed by atoms with Crippen molar-refractivity contribution in [3.05, 3.63) is 90.0 Å². The lowest BCUT2D eigenvalue weighted by Gasteiger charge is -2.23. The van der Waals surface area contributed by atoms with E-state index >= 15 is 0 Å². The second-order valence-corrected chi connectivity index (χ2v) is 6.63. The van der Waals surface area contributed by atoms with Crippen molar-refractivity contribution >= 4 is 12.0 Å². The van der Waals surface area contributed by atoms with E-state index in [-0.39, 0.29) is 17.8 Å². The Morgan fingerprint density at radius 1 is 1.11 bits per heavy atom. The summed E-state index contributed by atoms with van der Waals surface area (Å²) >= 11 is 0. The molecule has 1 aliphatic heterocycles. The number of halogens is 1. The van der Waals surface area contributed by atoms with Gasteiger partial charge in [-0.15, -0.1) is 0 Å². The molecule has 1 fully saturated rings. The van der Waals surface area contributed by atoms with Gasteiger partial charge in [-0.25, -0.2) is 9.07 Å². The van der Waals surface area contributed by atoms with E-state index in [1.807, 2.05) is 41.4 Å². The normalized spacial score (nSPS) is 16.9. The Morgan fingerprint density at radius 3 is 2.67 bits per heavy atom. The van der Waals surface area contributed by atoms with Crippen LogP contribution in [-0.4, -0.2) is 27.1 Å². The van der Waals surface area contributed by atoms with Crippen LogP contribution >= 0.6 is 0 Å². The molecule has 0 aliphatic carbocycles. The summed E-state index contributed by atoms with van der Waals surface area (Å²) in [5.41, 5.74) is 2.82. The molecule has 1 amide bonds. The molecule has 27 heavy (non-hydrogen) atoms. The Bertz CT molecular complexity index is 947. The molecule has 0 spiro atoms. The first-order chi connectivity index (χ1) is 13.2. The summed E-state index contributed by atoms with van der Waals surface area (Å²) in [6.07, 6.45) is 8.85. The first-order valence-electron chi connectivity index (χ1n) is 9.05. The number of carbonyl (C=O) groups is 1. The van der Waals surface area contributed by atoms with E-state index in [1.54, 1.807) is 35.2 Å². The number of hydrogen-bond acceptors (Lipinski definition) is 2. The lowest BCUT2D eigenvalue weighted by atomic mass is 10.0. The molecule has 1 atom stereocenters. The molecule has 136 valence electrons. The number of aromatic nitrogens is 2. The first-order valence-corrected chi connectivity index (χ1v) is 9.05. The Hall–Kier alpha value is -3.21. The zero-order valence-electron chi connectivity index (χ0n) is 14.8. The van der Waals surface area contributed by atoms with Crippen molar-refractivity contribution in [2.75, 3.05) is 6.54 Å². The molecule has 1 saturated heterocycles. The van der Waals surface area contributed by atoms with Crippen LogP contribution in [0.2, 0.25) is 0 Å². The summed E-state index contributed by atoms with van der Waals surface area (Å²) in [6, 6.07) is 16.3. The van der Waals surface area contributed by atoms with Crippen LogP contribution in [0.1, 0.15) is 30.0 Å². The molecule has 2 aromatic carbocycles. The van der Waals surface area contributed by atoms with Crippen LogP contribution in [0.15, 0.2) is 73.1 Å². The average molecular weight is 361 g/mol. The molecule has 1 aromatic heterocycles. The molecule has 1 aliphatic rings. The maximum atomic E-state index is 13.2. The second-order valence-electron chi connectivity index (χ2n) is 6.63. The van der Waals surface area contributed by atoms with Gasteiger partial charge < -0.3 is 4.90 Å². The summed E-state index contributed by atoms with van der Waals surface area (Å²) in [5.74, 6) is -0.292. The van der Waals surface area contributed by atoms with E-state index in [9.17, 15) is 9.18 Å². The standard InChI is InChI=1S/C22H20FN3O/c23-19-11-9-18(10-12-19)21-7-4-14-25(21)22(27)13-8-17-15-24-26(16-17)20-5-2-1-3-6-20/h1-3,5-6,8-13,15-16,21H,4,7,14H2/b13-8+/t21-/m0/s1. The van der Waals surface area contributed by atoms with Crippen LogP contribution in [-0.2, 0) is 4.79 Å². The number of nitrogens with zero attached hydrogens (tertiary/aromatic N) is 3. The molecule has 0 bridgehead atoms. The number of amides is 1. The van der Waals surface area contributed by atoms with Gasteiger partial charge >= 0.3 is 0 Å². The highest BCUT2D eigenvalue weighted by Crippen LogP contribution is 2.32. The molecule has 0 saturated carbocycles. The smallest absolute Gasteiger partial charge is 0.247 e. The SMILES string of the molecule is O=C(/C=C/c1cnn(-c2ccccc2)c1)N1CCC[C@H]1c1ccc(F)cc1. The van der Waals surface area contributed by atoms with Crippen molar-refractivity contribution in [3.8, 4) is 5.69 Å². The van der Waals surface area contributed by atoms with Gasteiger partial charge in [0.05, 0.1) is 17.9 Å². The fourth-order valence-electron chi connectivity index (χ4n) is 3.47. The first kappa shape index (κ1) is 17.2. The van der Waals surface area contributed by atoms with Crippen LogP contribution in [0.25, 0.3) is 11.8 Å². The van der Waals surface area contributed by atoms with Crippen molar-refractivity contribution in [1.82, 2.24) is 14.7 Å². The van der Waals surface area contributed by atoms with Crippen LogP contribution in [0.5, 0.6) is 0 Å². The monoisotopic (exact) mass is 361 g/mol. The molecular weight excluding hydrogens is 341 g/mol. The number of hydrogen-bond donors (Lipinski definition) is 0. The van der Waals surface area contributed by atoms with E-state index in [2.05, 4.69) is 5.10 Å². The van der Waals surface area contributed by atoms with Gasteiger partial charge in [-0.3, -0.25) is 4.79 Å².